The van der Waals surface area contributed by atoms with E-state index in [1.165, 1.54) is 61.8 Å². The standard InChI is InChI=1S/C17H24FN2O3.3C4H9.Sn/c1-3-20-10-5-6-13(20)12-19-17(21)14-7-4-8-15(22-2)16(14)23-11-9-18;3*1-3-4-2;/h7-8,13H,3,5-6,9-12H2,1-2H3,(H,19,21);3*1,3-4H2,2H3;/t13-;;;;/m0..../s1. The average molecular weight is 613 g/mol. The second-order valence-electron chi connectivity index (χ2n) is 10.3. The van der Waals surface area contributed by atoms with Crippen molar-refractivity contribution in [3.63, 3.8) is 0 Å². The van der Waals surface area contributed by atoms with Crippen LogP contribution >= 0.6 is 0 Å². The fourth-order valence-corrected chi connectivity index (χ4v) is 21.7. The Morgan fingerprint density at radius 3 is 2.25 bits per heavy atom. The molecule has 0 aliphatic carbocycles. The second kappa shape index (κ2) is 16.7. The van der Waals surface area contributed by atoms with Gasteiger partial charge in [0.2, 0.25) is 0 Å². The molecule has 1 N–H and O–H groups in total. The van der Waals surface area contributed by atoms with Crippen molar-refractivity contribution in [2.45, 2.75) is 98.4 Å². The summed E-state index contributed by atoms with van der Waals surface area (Å²) in [6.45, 7) is 11.0. The first-order valence-electron chi connectivity index (χ1n) is 14.4. The number of ether oxygens (including phenoxy) is 2. The zero-order valence-corrected chi connectivity index (χ0v) is 26.4. The Hall–Kier alpha value is -1.02. The number of amides is 1. The number of unbranched alkanes of at least 4 members (excludes halogenated alkanes) is 3. The van der Waals surface area contributed by atoms with Gasteiger partial charge in [0.05, 0.1) is 0 Å². The van der Waals surface area contributed by atoms with E-state index in [0.717, 1.165) is 19.5 Å². The van der Waals surface area contributed by atoms with Crippen LogP contribution in [0.3, 0.4) is 0 Å². The number of rotatable bonds is 18. The Kier molecular flexibility index (Phi) is 14.5. The summed E-state index contributed by atoms with van der Waals surface area (Å²) in [4.78, 5) is 16.1. The van der Waals surface area contributed by atoms with Crippen molar-refractivity contribution >= 4 is 27.9 Å². The predicted molar refractivity (Wildman–Crippen MR) is 152 cm³/mol. The van der Waals surface area contributed by atoms with Gasteiger partial charge >= 0.3 is 224 Å². The van der Waals surface area contributed by atoms with E-state index in [0.29, 0.717) is 29.6 Å². The van der Waals surface area contributed by atoms with E-state index in [-0.39, 0.29) is 12.5 Å². The molecular formula is C29H51FN2O3Sn. The van der Waals surface area contributed by atoms with Gasteiger partial charge in [0, 0.05) is 0 Å². The molecule has 1 aromatic rings. The van der Waals surface area contributed by atoms with Gasteiger partial charge in [0.15, 0.2) is 0 Å². The molecule has 0 bridgehead atoms. The number of likely N-dealkylation sites (N-methyl/N-ethyl adjacent to an activating group) is 1. The normalized spacial score (nSPS) is 16.3. The van der Waals surface area contributed by atoms with Gasteiger partial charge in [-0.15, -0.1) is 0 Å². The van der Waals surface area contributed by atoms with E-state index in [4.69, 9.17) is 9.47 Å². The Bertz CT molecular complexity index is 770. The molecule has 1 aliphatic rings. The fraction of sp³-hybridized carbons (Fsp3) is 0.759. The maximum atomic E-state index is 13.6. The molecule has 1 saturated heterocycles. The van der Waals surface area contributed by atoms with Gasteiger partial charge in [-0.3, -0.25) is 0 Å². The van der Waals surface area contributed by atoms with Crippen LogP contribution in [0.25, 0.3) is 0 Å². The number of hydrogen-bond acceptors (Lipinski definition) is 4. The molecule has 1 fully saturated rings. The molecule has 0 saturated carbocycles. The van der Waals surface area contributed by atoms with Crippen molar-refractivity contribution in [1.29, 1.82) is 0 Å². The van der Waals surface area contributed by atoms with Crippen LogP contribution in [0, 0.1) is 0 Å². The Morgan fingerprint density at radius 1 is 1.08 bits per heavy atom. The summed E-state index contributed by atoms with van der Waals surface area (Å²) < 4.78 is 30.0. The Morgan fingerprint density at radius 2 is 1.72 bits per heavy atom. The summed E-state index contributed by atoms with van der Waals surface area (Å²) >= 11 is -2.83. The summed E-state index contributed by atoms with van der Waals surface area (Å²) in [6, 6.07) is 4.64. The van der Waals surface area contributed by atoms with Crippen LogP contribution in [0.5, 0.6) is 11.5 Å². The van der Waals surface area contributed by atoms with Crippen LogP contribution in [0.4, 0.5) is 4.39 Å². The van der Waals surface area contributed by atoms with Gasteiger partial charge in [-0.2, -0.15) is 0 Å². The van der Waals surface area contributed by atoms with Crippen LogP contribution in [-0.4, -0.2) is 75.3 Å². The first-order valence-corrected chi connectivity index (χ1v) is 21.9. The third kappa shape index (κ3) is 8.50. The molecule has 0 aromatic heterocycles. The zero-order valence-electron chi connectivity index (χ0n) is 23.6. The summed E-state index contributed by atoms with van der Waals surface area (Å²) in [5.74, 6) is 0.832. The minimum atomic E-state index is -2.83. The monoisotopic (exact) mass is 614 g/mol. The van der Waals surface area contributed by atoms with Crippen molar-refractivity contribution in [3.05, 3.63) is 17.7 Å². The molecule has 36 heavy (non-hydrogen) atoms. The molecule has 0 radical (unpaired) electrons. The van der Waals surface area contributed by atoms with Gasteiger partial charge in [0.25, 0.3) is 0 Å². The second-order valence-corrected chi connectivity index (χ2v) is 23.6. The summed E-state index contributed by atoms with van der Waals surface area (Å²) in [6.07, 6.45) is 9.56. The number of alkyl halides is 1. The maximum absolute atomic E-state index is 13.6. The first kappa shape index (κ1) is 31.2. The van der Waals surface area contributed by atoms with E-state index in [1.54, 1.807) is 7.11 Å². The van der Waals surface area contributed by atoms with Crippen LogP contribution in [0.15, 0.2) is 12.1 Å². The number of methoxy groups -OCH3 is 1. The molecule has 5 nitrogen and oxygen atoms in total. The molecule has 1 atom stereocenters. The number of hydrogen-bond donors (Lipinski definition) is 1. The zero-order chi connectivity index (χ0) is 26.4. The number of carbonyl (C=O) groups is 1. The number of carbonyl (C=O) groups excluding carboxylic acids is 1. The number of benzene rings is 1. The topological polar surface area (TPSA) is 50.8 Å². The van der Waals surface area contributed by atoms with Crippen LogP contribution < -0.4 is 18.4 Å². The summed E-state index contributed by atoms with van der Waals surface area (Å²) in [7, 11) is 1.63. The SMILES string of the molecule is CCC[CH2][Sn]([CH2]CCC)([CH2]CCC)[c]1cc(OC)c(OCCF)c(C(=O)NC[C@@H]2CCCN2CC)c1. The van der Waals surface area contributed by atoms with Crippen molar-refractivity contribution in [2.75, 3.05) is 40.0 Å². The Labute approximate surface area is 223 Å². The van der Waals surface area contributed by atoms with E-state index in [9.17, 15) is 9.18 Å². The van der Waals surface area contributed by atoms with E-state index in [2.05, 4.69) is 50.0 Å². The Balaban J connectivity index is 2.51. The van der Waals surface area contributed by atoms with Gasteiger partial charge in [-0.05, 0) is 0 Å². The van der Waals surface area contributed by atoms with Crippen LogP contribution in [0.2, 0.25) is 13.3 Å². The molecule has 0 unspecified atom stereocenters. The molecule has 206 valence electrons. The van der Waals surface area contributed by atoms with Crippen molar-refractivity contribution in [3.8, 4) is 11.5 Å². The molecule has 1 amide bonds. The fourth-order valence-electron chi connectivity index (χ4n) is 5.72. The molecule has 1 aliphatic heterocycles. The van der Waals surface area contributed by atoms with E-state index < -0.39 is 25.1 Å². The number of nitrogens with zero attached hydrogens (tertiary/aromatic N) is 1. The molecule has 1 heterocycles. The average Bonchev–Trinajstić information content (AvgIpc) is 3.37. The predicted octanol–water partition coefficient (Wildman–Crippen LogP) is 6.31. The van der Waals surface area contributed by atoms with Gasteiger partial charge < -0.3 is 0 Å². The van der Waals surface area contributed by atoms with Crippen molar-refractivity contribution in [2.24, 2.45) is 0 Å². The van der Waals surface area contributed by atoms with Crippen molar-refractivity contribution in [1.82, 2.24) is 10.2 Å². The molecule has 2 rings (SSSR count). The third-order valence-electron chi connectivity index (χ3n) is 7.89. The first-order chi connectivity index (χ1) is 17.5. The number of nitrogens with one attached hydrogen (secondary N) is 1. The molecule has 0 spiro atoms. The van der Waals surface area contributed by atoms with Gasteiger partial charge in [-0.25, -0.2) is 0 Å². The van der Waals surface area contributed by atoms with Crippen LogP contribution in [0.1, 0.15) is 89.4 Å². The van der Waals surface area contributed by atoms with Crippen LogP contribution in [-0.2, 0) is 0 Å². The molecule has 7 heteroatoms. The molecular weight excluding hydrogens is 562 g/mol. The third-order valence-corrected chi connectivity index (χ3v) is 23.4. The van der Waals surface area contributed by atoms with Gasteiger partial charge in [0.1, 0.15) is 0 Å². The minimum absolute atomic E-state index is 0.0852. The van der Waals surface area contributed by atoms with Gasteiger partial charge in [-0.1, -0.05) is 0 Å². The van der Waals surface area contributed by atoms with E-state index >= 15 is 0 Å². The quantitative estimate of drug-likeness (QED) is 0.197. The summed E-state index contributed by atoms with van der Waals surface area (Å²) in [5, 5.41) is 3.19. The number of likely N-dealkylation sites (tertiary alicyclic amines) is 1. The number of halogens is 1. The van der Waals surface area contributed by atoms with Crippen molar-refractivity contribution < 1.29 is 18.7 Å². The summed E-state index contributed by atoms with van der Waals surface area (Å²) in [5.41, 5.74) is 0.518. The molecule has 1 aromatic carbocycles. The van der Waals surface area contributed by atoms with E-state index in [1.807, 2.05) is 0 Å².